The summed E-state index contributed by atoms with van der Waals surface area (Å²) in [7, 11) is 1.64. The molecule has 1 aromatic heterocycles. The van der Waals surface area contributed by atoms with Gasteiger partial charge in [-0.1, -0.05) is 11.8 Å². The van der Waals surface area contributed by atoms with Crippen LogP contribution in [0.4, 0.5) is 5.69 Å². The third-order valence-corrected chi connectivity index (χ3v) is 2.90. The summed E-state index contributed by atoms with van der Waals surface area (Å²) in [5, 5.41) is 3.60. The minimum atomic E-state index is 0.00438. The van der Waals surface area contributed by atoms with Crippen LogP contribution in [0.2, 0.25) is 0 Å². The molecule has 0 aliphatic rings. The van der Waals surface area contributed by atoms with Gasteiger partial charge in [-0.2, -0.15) is 0 Å². The average molecular weight is 255 g/mol. The first-order valence-corrected chi connectivity index (χ1v) is 6.31. The molecular weight excluding hydrogens is 238 g/mol. The van der Waals surface area contributed by atoms with E-state index in [1.165, 1.54) is 11.8 Å². The number of hydrogen-bond donors (Lipinski definition) is 2. The fourth-order valence-corrected chi connectivity index (χ4v) is 1.78. The van der Waals surface area contributed by atoms with Gasteiger partial charge in [0.25, 0.3) is 0 Å². The Morgan fingerprint density at radius 1 is 1.59 bits per heavy atom. The second-order valence-corrected chi connectivity index (χ2v) is 4.41. The molecule has 17 heavy (non-hydrogen) atoms. The Hall–Kier alpha value is -1.27. The van der Waals surface area contributed by atoms with Gasteiger partial charge in [0.2, 0.25) is 5.91 Å². The summed E-state index contributed by atoms with van der Waals surface area (Å²) >= 11 is 1.39. The van der Waals surface area contributed by atoms with Crippen molar-refractivity contribution >= 4 is 23.4 Å². The van der Waals surface area contributed by atoms with E-state index in [1.807, 2.05) is 0 Å². The molecule has 1 aromatic rings. The highest BCUT2D eigenvalue weighted by atomic mass is 32.2. The topological polar surface area (TPSA) is 77.2 Å². The second-order valence-electron chi connectivity index (χ2n) is 3.41. The van der Waals surface area contributed by atoms with E-state index < -0.39 is 0 Å². The maximum Gasteiger partial charge on any atom is 0.230 e. The Morgan fingerprint density at radius 3 is 3.06 bits per heavy atom. The Balaban J connectivity index is 2.17. The number of nitrogens with zero attached hydrogens (tertiary/aromatic N) is 1. The van der Waals surface area contributed by atoms with Crippen LogP contribution in [0, 0.1) is 0 Å². The summed E-state index contributed by atoms with van der Waals surface area (Å²) in [4.78, 5) is 15.5. The van der Waals surface area contributed by atoms with Crippen LogP contribution in [0.15, 0.2) is 23.4 Å². The van der Waals surface area contributed by atoms with Crippen LogP contribution in [-0.4, -0.2) is 36.9 Å². The van der Waals surface area contributed by atoms with E-state index >= 15 is 0 Å². The molecule has 1 rings (SSSR count). The number of rotatable bonds is 7. The number of nitrogen functional groups attached to an aromatic ring is 1. The van der Waals surface area contributed by atoms with Crippen molar-refractivity contribution in [3.63, 3.8) is 0 Å². The fourth-order valence-electron chi connectivity index (χ4n) is 1.11. The standard InChI is InChI=1S/C11H17N3O2S/c1-16-6-2-5-13-10(15)8-17-11-4-3-9(12)7-14-11/h3-4,7H,2,5-6,8,12H2,1H3,(H,13,15). The smallest absolute Gasteiger partial charge is 0.230 e. The minimum absolute atomic E-state index is 0.00438. The van der Waals surface area contributed by atoms with E-state index in [1.54, 1.807) is 25.4 Å². The predicted molar refractivity (Wildman–Crippen MR) is 68.9 cm³/mol. The van der Waals surface area contributed by atoms with Crippen molar-refractivity contribution in [1.82, 2.24) is 10.3 Å². The number of methoxy groups -OCH3 is 1. The quantitative estimate of drug-likeness (QED) is 0.559. The van der Waals surface area contributed by atoms with Gasteiger partial charge in [0.15, 0.2) is 0 Å². The van der Waals surface area contributed by atoms with Gasteiger partial charge in [-0.15, -0.1) is 0 Å². The lowest BCUT2D eigenvalue weighted by Gasteiger charge is -2.04. The van der Waals surface area contributed by atoms with Gasteiger partial charge in [0, 0.05) is 20.3 Å². The summed E-state index contributed by atoms with van der Waals surface area (Å²) in [6, 6.07) is 3.57. The van der Waals surface area contributed by atoms with E-state index in [2.05, 4.69) is 10.3 Å². The van der Waals surface area contributed by atoms with Gasteiger partial charge < -0.3 is 15.8 Å². The highest BCUT2D eigenvalue weighted by molar-refractivity contribution is 7.99. The molecule has 0 aromatic carbocycles. The molecule has 0 bridgehead atoms. The van der Waals surface area contributed by atoms with Crippen LogP contribution >= 0.6 is 11.8 Å². The number of thioether (sulfide) groups is 1. The van der Waals surface area contributed by atoms with Crippen LogP contribution in [0.1, 0.15) is 6.42 Å². The SMILES string of the molecule is COCCCNC(=O)CSc1ccc(N)cn1. The molecule has 5 nitrogen and oxygen atoms in total. The van der Waals surface area contributed by atoms with E-state index in [9.17, 15) is 4.79 Å². The molecule has 0 atom stereocenters. The second kappa shape index (κ2) is 7.92. The summed E-state index contributed by atoms with van der Waals surface area (Å²) in [6.07, 6.45) is 2.41. The van der Waals surface area contributed by atoms with E-state index in [4.69, 9.17) is 10.5 Å². The monoisotopic (exact) mass is 255 g/mol. The van der Waals surface area contributed by atoms with Crippen molar-refractivity contribution in [2.24, 2.45) is 0 Å². The Morgan fingerprint density at radius 2 is 2.41 bits per heavy atom. The highest BCUT2D eigenvalue weighted by Gasteiger charge is 2.02. The molecule has 0 aliphatic heterocycles. The first kappa shape index (κ1) is 13.8. The van der Waals surface area contributed by atoms with Crippen molar-refractivity contribution in [2.75, 3.05) is 31.7 Å². The van der Waals surface area contributed by atoms with E-state index in [-0.39, 0.29) is 5.91 Å². The molecule has 0 saturated heterocycles. The van der Waals surface area contributed by atoms with Crippen molar-refractivity contribution < 1.29 is 9.53 Å². The largest absolute Gasteiger partial charge is 0.397 e. The lowest BCUT2D eigenvalue weighted by molar-refractivity contribution is -0.118. The van der Waals surface area contributed by atoms with E-state index in [0.29, 0.717) is 24.6 Å². The zero-order valence-corrected chi connectivity index (χ0v) is 10.6. The molecule has 6 heteroatoms. The number of nitrogens with one attached hydrogen (secondary N) is 1. The molecule has 0 spiro atoms. The zero-order valence-electron chi connectivity index (χ0n) is 9.81. The Labute approximate surface area is 105 Å². The van der Waals surface area contributed by atoms with Crippen LogP contribution in [-0.2, 0) is 9.53 Å². The van der Waals surface area contributed by atoms with Gasteiger partial charge in [-0.25, -0.2) is 4.98 Å². The van der Waals surface area contributed by atoms with Crippen molar-refractivity contribution in [2.45, 2.75) is 11.4 Å². The zero-order chi connectivity index (χ0) is 12.5. The maximum atomic E-state index is 11.4. The number of pyridine rings is 1. The summed E-state index contributed by atoms with van der Waals surface area (Å²) < 4.78 is 4.89. The fraction of sp³-hybridized carbons (Fsp3) is 0.455. The van der Waals surface area contributed by atoms with Crippen LogP contribution in [0.3, 0.4) is 0 Å². The maximum absolute atomic E-state index is 11.4. The Kier molecular flexibility index (Phi) is 6.42. The van der Waals surface area contributed by atoms with E-state index in [0.717, 1.165) is 11.4 Å². The number of hydrogen-bond acceptors (Lipinski definition) is 5. The van der Waals surface area contributed by atoms with Gasteiger partial charge in [-0.05, 0) is 18.6 Å². The summed E-state index contributed by atoms with van der Waals surface area (Å²) in [6.45, 7) is 1.30. The number of carbonyl (C=O) groups is 1. The van der Waals surface area contributed by atoms with Crippen LogP contribution in [0.25, 0.3) is 0 Å². The Bertz CT molecular complexity index is 343. The van der Waals surface area contributed by atoms with Crippen molar-refractivity contribution in [3.05, 3.63) is 18.3 Å². The summed E-state index contributed by atoms with van der Waals surface area (Å²) in [5.74, 6) is 0.369. The molecule has 0 fully saturated rings. The molecule has 94 valence electrons. The number of amides is 1. The third kappa shape index (κ3) is 6.13. The van der Waals surface area contributed by atoms with Gasteiger partial charge in [-0.3, -0.25) is 4.79 Å². The first-order chi connectivity index (χ1) is 8.22. The van der Waals surface area contributed by atoms with Crippen LogP contribution < -0.4 is 11.1 Å². The number of ether oxygens (including phenoxy) is 1. The summed E-state index contributed by atoms with van der Waals surface area (Å²) in [5.41, 5.74) is 6.14. The third-order valence-electron chi connectivity index (χ3n) is 1.96. The lowest BCUT2D eigenvalue weighted by atomic mass is 10.4. The number of carbonyl (C=O) groups excluding carboxylic acids is 1. The van der Waals surface area contributed by atoms with Gasteiger partial charge >= 0.3 is 0 Å². The van der Waals surface area contributed by atoms with Crippen molar-refractivity contribution in [1.29, 1.82) is 0 Å². The average Bonchev–Trinajstić information content (AvgIpc) is 2.34. The molecule has 0 aliphatic carbocycles. The molecule has 0 saturated carbocycles. The highest BCUT2D eigenvalue weighted by Crippen LogP contribution is 2.15. The molecule has 1 heterocycles. The van der Waals surface area contributed by atoms with Crippen LogP contribution in [0.5, 0.6) is 0 Å². The lowest BCUT2D eigenvalue weighted by Crippen LogP contribution is -2.26. The number of aromatic nitrogens is 1. The number of anilines is 1. The molecule has 3 N–H and O–H groups in total. The number of nitrogens with two attached hydrogens (primary N) is 1. The molecular formula is C11H17N3O2S. The predicted octanol–water partition coefficient (Wildman–Crippen LogP) is 0.909. The molecule has 0 radical (unpaired) electrons. The minimum Gasteiger partial charge on any atom is -0.397 e. The molecule has 1 amide bonds. The molecule has 0 unspecified atom stereocenters. The van der Waals surface area contributed by atoms with Gasteiger partial charge in [0.05, 0.1) is 22.7 Å². The van der Waals surface area contributed by atoms with Crippen molar-refractivity contribution in [3.8, 4) is 0 Å². The van der Waals surface area contributed by atoms with Gasteiger partial charge in [0.1, 0.15) is 0 Å². The first-order valence-electron chi connectivity index (χ1n) is 5.32. The normalized spacial score (nSPS) is 10.2.